The third kappa shape index (κ3) is 5.12. The monoisotopic (exact) mass is 468 g/mol. The van der Waals surface area contributed by atoms with Crippen molar-refractivity contribution < 1.29 is 18.7 Å². The van der Waals surface area contributed by atoms with Crippen molar-refractivity contribution in [3.63, 3.8) is 0 Å². The number of anilines is 1. The fourth-order valence-corrected chi connectivity index (χ4v) is 3.85. The maximum absolute atomic E-state index is 13.1. The number of nitrogens with zero attached hydrogens (tertiary/aromatic N) is 3. The van der Waals surface area contributed by atoms with Gasteiger partial charge < -0.3 is 19.2 Å². The standard InChI is InChI=1S/C27H24N4O4/c1-33-15-16-34-21-13-11-19(12-14-21)26-30-31-27(35-26)29-25-23(32)17-20-9-5-6-10-22(20)24(28-25)18-7-3-2-4-8-18/h2-14,25H,15-17H2,1H3,(H,29,31). The average Bonchev–Trinajstić information content (AvgIpc) is 3.31. The van der Waals surface area contributed by atoms with E-state index in [1.54, 1.807) is 7.11 Å². The first kappa shape index (κ1) is 22.5. The van der Waals surface area contributed by atoms with Crippen LogP contribution >= 0.6 is 0 Å². The number of ketones is 1. The molecule has 0 saturated carbocycles. The summed E-state index contributed by atoms with van der Waals surface area (Å²) in [6.07, 6.45) is -0.610. The lowest BCUT2D eigenvalue weighted by atomic mass is 9.96. The third-order valence-corrected chi connectivity index (χ3v) is 5.59. The molecule has 5 rings (SSSR count). The molecular formula is C27H24N4O4. The maximum Gasteiger partial charge on any atom is 0.317 e. The summed E-state index contributed by atoms with van der Waals surface area (Å²) in [5.41, 5.74) is 4.28. The molecule has 1 aliphatic heterocycles. The van der Waals surface area contributed by atoms with Crippen molar-refractivity contribution >= 4 is 17.5 Å². The van der Waals surface area contributed by atoms with Gasteiger partial charge in [-0.1, -0.05) is 59.7 Å². The first-order chi connectivity index (χ1) is 17.2. The Bertz CT molecular complexity index is 1330. The van der Waals surface area contributed by atoms with Crippen LogP contribution in [-0.4, -0.2) is 48.2 Å². The summed E-state index contributed by atoms with van der Waals surface area (Å²) in [7, 11) is 1.63. The van der Waals surface area contributed by atoms with Gasteiger partial charge in [-0.05, 0) is 29.8 Å². The first-order valence-electron chi connectivity index (χ1n) is 11.3. The molecule has 0 spiro atoms. The lowest BCUT2D eigenvalue weighted by molar-refractivity contribution is -0.119. The molecule has 2 heterocycles. The van der Waals surface area contributed by atoms with Gasteiger partial charge >= 0.3 is 6.01 Å². The number of fused-ring (bicyclic) bond motifs is 1. The Hall–Kier alpha value is -4.30. The number of carbonyl (C=O) groups is 1. The molecule has 0 aliphatic carbocycles. The fourth-order valence-electron chi connectivity index (χ4n) is 3.85. The minimum Gasteiger partial charge on any atom is -0.491 e. The van der Waals surface area contributed by atoms with Crippen molar-refractivity contribution in [1.82, 2.24) is 10.2 Å². The van der Waals surface area contributed by atoms with Crippen molar-refractivity contribution in [2.75, 3.05) is 25.6 Å². The van der Waals surface area contributed by atoms with Gasteiger partial charge in [-0.2, -0.15) is 0 Å². The highest BCUT2D eigenvalue weighted by Gasteiger charge is 2.27. The summed E-state index contributed by atoms with van der Waals surface area (Å²) in [5, 5.41) is 11.2. The smallest absolute Gasteiger partial charge is 0.317 e. The van der Waals surface area contributed by atoms with Crippen LogP contribution in [0, 0.1) is 0 Å². The van der Waals surface area contributed by atoms with Gasteiger partial charge in [-0.25, -0.2) is 0 Å². The Balaban J connectivity index is 1.38. The Morgan fingerprint density at radius 2 is 1.69 bits per heavy atom. The molecule has 0 bridgehead atoms. The van der Waals surface area contributed by atoms with Gasteiger partial charge in [0.05, 0.1) is 12.3 Å². The molecule has 0 radical (unpaired) electrons. The van der Waals surface area contributed by atoms with E-state index in [-0.39, 0.29) is 18.2 Å². The van der Waals surface area contributed by atoms with Gasteiger partial charge in [-0.3, -0.25) is 9.79 Å². The van der Waals surface area contributed by atoms with Crippen molar-refractivity contribution in [2.24, 2.45) is 4.99 Å². The number of methoxy groups -OCH3 is 1. The number of Topliss-reactive ketones (excluding diaryl/α,β-unsaturated/α-hetero) is 1. The molecule has 1 aliphatic rings. The molecule has 0 saturated heterocycles. The van der Waals surface area contributed by atoms with Crippen molar-refractivity contribution in [3.8, 4) is 17.2 Å². The molecule has 1 unspecified atom stereocenters. The molecule has 4 aromatic rings. The van der Waals surface area contributed by atoms with Crippen LogP contribution in [0.15, 0.2) is 88.3 Å². The number of aromatic nitrogens is 2. The predicted octanol–water partition coefficient (Wildman–Crippen LogP) is 4.16. The van der Waals surface area contributed by atoms with E-state index in [9.17, 15) is 4.79 Å². The van der Waals surface area contributed by atoms with Crippen LogP contribution in [0.25, 0.3) is 11.5 Å². The van der Waals surface area contributed by atoms with E-state index in [1.807, 2.05) is 78.9 Å². The molecular weight excluding hydrogens is 444 g/mol. The molecule has 1 N–H and O–H groups in total. The Labute approximate surface area is 202 Å². The van der Waals surface area contributed by atoms with Crippen LogP contribution in [-0.2, 0) is 16.0 Å². The van der Waals surface area contributed by atoms with E-state index < -0.39 is 6.17 Å². The van der Waals surface area contributed by atoms with E-state index in [1.165, 1.54) is 0 Å². The maximum atomic E-state index is 13.1. The molecule has 176 valence electrons. The van der Waals surface area contributed by atoms with Gasteiger partial charge in [0.15, 0.2) is 11.9 Å². The van der Waals surface area contributed by atoms with Crippen LogP contribution in [0.2, 0.25) is 0 Å². The summed E-state index contributed by atoms with van der Waals surface area (Å²) in [4.78, 5) is 17.9. The number of nitrogens with one attached hydrogen (secondary N) is 1. The van der Waals surface area contributed by atoms with Crippen LogP contribution in [0.1, 0.15) is 16.7 Å². The van der Waals surface area contributed by atoms with Crippen molar-refractivity contribution in [2.45, 2.75) is 12.6 Å². The van der Waals surface area contributed by atoms with Crippen LogP contribution in [0.3, 0.4) is 0 Å². The molecule has 1 atom stereocenters. The minimum absolute atomic E-state index is 0.0827. The molecule has 3 aromatic carbocycles. The normalized spacial score (nSPS) is 15.2. The van der Waals surface area contributed by atoms with E-state index in [2.05, 4.69) is 15.5 Å². The zero-order valence-electron chi connectivity index (χ0n) is 19.2. The molecule has 1 aromatic heterocycles. The highest BCUT2D eigenvalue weighted by Crippen LogP contribution is 2.25. The Morgan fingerprint density at radius 1 is 0.914 bits per heavy atom. The second-order valence-corrected chi connectivity index (χ2v) is 7.97. The number of ether oxygens (including phenoxy) is 2. The molecule has 8 heteroatoms. The highest BCUT2D eigenvalue weighted by atomic mass is 16.5. The Kier molecular flexibility index (Phi) is 6.63. The van der Waals surface area contributed by atoms with Gasteiger partial charge in [0, 0.05) is 30.2 Å². The highest BCUT2D eigenvalue weighted by molar-refractivity contribution is 6.16. The molecule has 35 heavy (non-hydrogen) atoms. The van der Waals surface area contributed by atoms with Gasteiger partial charge in [0.1, 0.15) is 12.4 Å². The second kappa shape index (κ2) is 10.3. The van der Waals surface area contributed by atoms with Gasteiger partial charge in [0.25, 0.3) is 0 Å². The number of aliphatic imine (C=N–C) groups is 1. The van der Waals surface area contributed by atoms with Crippen LogP contribution in [0.4, 0.5) is 6.01 Å². The largest absolute Gasteiger partial charge is 0.491 e. The topological polar surface area (TPSA) is 98.8 Å². The number of hydrogen-bond donors (Lipinski definition) is 1. The number of benzene rings is 3. The van der Waals surface area contributed by atoms with Crippen LogP contribution < -0.4 is 10.1 Å². The summed E-state index contributed by atoms with van der Waals surface area (Å²) >= 11 is 0. The molecule has 0 amide bonds. The van der Waals surface area contributed by atoms with Crippen LogP contribution in [0.5, 0.6) is 5.75 Å². The summed E-state index contributed by atoms with van der Waals surface area (Å²) in [6.45, 7) is 0.981. The fraction of sp³-hybridized carbons (Fsp3) is 0.185. The van der Waals surface area contributed by atoms with Crippen molar-refractivity contribution in [1.29, 1.82) is 0 Å². The van der Waals surface area contributed by atoms with E-state index >= 15 is 0 Å². The quantitative estimate of drug-likeness (QED) is 0.388. The van der Waals surface area contributed by atoms with Gasteiger partial charge in [-0.15, -0.1) is 5.10 Å². The lowest BCUT2D eigenvalue weighted by Crippen LogP contribution is -2.29. The summed E-state index contributed by atoms with van der Waals surface area (Å²) < 4.78 is 16.4. The number of carbonyl (C=O) groups excluding carboxylic acids is 1. The minimum atomic E-state index is -0.859. The van der Waals surface area contributed by atoms with Gasteiger partial charge in [0.2, 0.25) is 5.89 Å². The SMILES string of the molecule is COCCOc1ccc(-c2nnc(NC3N=C(c4ccccc4)c4ccccc4CC3=O)o2)cc1. The van der Waals surface area contributed by atoms with Crippen molar-refractivity contribution in [3.05, 3.63) is 95.6 Å². The Morgan fingerprint density at radius 3 is 2.49 bits per heavy atom. The number of hydrogen-bond acceptors (Lipinski definition) is 8. The van der Waals surface area contributed by atoms with E-state index in [0.29, 0.717) is 19.1 Å². The summed E-state index contributed by atoms with van der Waals surface area (Å²) in [6, 6.07) is 25.1. The summed E-state index contributed by atoms with van der Waals surface area (Å²) in [5.74, 6) is 0.961. The predicted molar refractivity (Wildman–Crippen MR) is 132 cm³/mol. The first-order valence-corrected chi connectivity index (χ1v) is 11.3. The third-order valence-electron chi connectivity index (χ3n) is 5.59. The molecule has 8 nitrogen and oxygen atoms in total. The van der Waals surface area contributed by atoms with E-state index in [0.717, 1.165) is 33.7 Å². The number of rotatable bonds is 8. The zero-order chi connectivity index (χ0) is 24.0. The second-order valence-electron chi connectivity index (χ2n) is 7.97. The lowest BCUT2D eigenvalue weighted by Gasteiger charge is -2.11. The van der Waals surface area contributed by atoms with E-state index in [4.69, 9.17) is 18.9 Å². The molecule has 0 fully saturated rings. The average molecular weight is 469 g/mol. The zero-order valence-corrected chi connectivity index (χ0v) is 19.2.